The van der Waals surface area contributed by atoms with Crippen molar-refractivity contribution in [3.8, 4) is 16.9 Å². The second-order valence-electron chi connectivity index (χ2n) is 8.75. The molecule has 10 nitrogen and oxygen atoms in total. The first-order valence-electron chi connectivity index (χ1n) is 11.3. The highest BCUT2D eigenvalue weighted by molar-refractivity contribution is 5.94. The van der Waals surface area contributed by atoms with Gasteiger partial charge in [-0.15, -0.1) is 0 Å². The highest BCUT2D eigenvalue weighted by atomic mass is 16.5. The number of benzene rings is 1. The number of nitrogens with zero attached hydrogens (tertiary/aromatic N) is 5. The second kappa shape index (κ2) is 7.75. The molecule has 1 aromatic carbocycles. The number of ether oxygens (including phenoxy) is 1. The summed E-state index contributed by atoms with van der Waals surface area (Å²) in [5.41, 5.74) is 5.24. The van der Waals surface area contributed by atoms with Crippen LogP contribution in [0.4, 0.5) is 10.7 Å². The average molecular weight is 460 g/mol. The highest BCUT2D eigenvalue weighted by Gasteiger charge is 2.35. The van der Waals surface area contributed by atoms with E-state index in [0.29, 0.717) is 19.7 Å². The number of pyridine rings is 1. The number of carbonyl (C=O) groups is 1. The zero-order valence-corrected chi connectivity index (χ0v) is 18.9. The molecule has 1 amide bonds. The van der Waals surface area contributed by atoms with Gasteiger partial charge in [0.25, 0.3) is 0 Å². The Kier molecular flexibility index (Phi) is 4.68. The summed E-state index contributed by atoms with van der Waals surface area (Å²) in [5, 5.41) is 15.9. The monoisotopic (exact) mass is 460 g/mol. The van der Waals surface area contributed by atoms with Crippen LogP contribution in [0.1, 0.15) is 29.6 Å². The zero-order chi connectivity index (χ0) is 23.4. The van der Waals surface area contributed by atoms with Gasteiger partial charge in [-0.05, 0) is 44.5 Å². The number of imidazole rings is 1. The number of amides is 1. The van der Waals surface area contributed by atoms with E-state index in [1.807, 2.05) is 44.2 Å². The molecule has 1 saturated heterocycles. The third kappa shape index (κ3) is 3.17. The van der Waals surface area contributed by atoms with Crippen LogP contribution in [0.25, 0.3) is 22.2 Å². The first-order valence-corrected chi connectivity index (χ1v) is 11.3. The van der Waals surface area contributed by atoms with E-state index in [9.17, 15) is 4.79 Å². The van der Waals surface area contributed by atoms with Crippen LogP contribution >= 0.6 is 0 Å². The van der Waals surface area contributed by atoms with Crippen LogP contribution in [-0.4, -0.2) is 56.6 Å². The van der Waals surface area contributed by atoms with Crippen molar-refractivity contribution in [2.75, 3.05) is 24.6 Å². The third-order valence-electron chi connectivity index (χ3n) is 6.61. The number of carboxylic acid groups (broad SMARTS) is 1. The van der Waals surface area contributed by atoms with Gasteiger partial charge in [0.1, 0.15) is 23.9 Å². The van der Waals surface area contributed by atoms with Crippen molar-refractivity contribution in [2.24, 2.45) is 0 Å². The molecule has 5 heterocycles. The maximum Gasteiger partial charge on any atom is 0.404 e. The molecular formula is C24H24N6O4. The molecule has 0 unspecified atom stereocenters. The summed E-state index contributed by atoms with van der Waals surface area (Å²) in [7, 11) is 0. The lowest BCUT2D eigenvalue weighted by molar-refractivity contribution is 0.191. The highest BCUT2D eigenvalue weighted by Crippen LogP contribution is 2.46. The molecule has 10 heteroatoms. The van der Waals surface area contributed by atoms with Crippen molar-refractivity contribution in [1.82, 2.24) is 25.0 Å². The molecule has 0 saturated carbocycles. The van der Waals surface area contributed by atoms with Crippen molar-refractivity contribution in [3.63, 3.8) is 0 Å². The molecule has 3 aromatic heterocycles. The molecule has 1 fully saturated rings. The number of aryl methyl sites for hydroxylation is 2. The second-order valence-corrected chi connectivity index (χ2v) is 8.75. The molecule has 2 atom stereocenters. The van der Waals surface area contributed by atoms with Gasteiger partial charge in [0.2, 0.25) is 5.95 Å². The Labute approximate surface area is 195 Å². The maximum atomic E-state index is 11.2. The third-order valence-corrected chi connectivity index (χ3v) is 6.61. The zero-order valence-electron chi connectivity index (χ0n) is 18.9. The fourth-order valence-electron chi connectivity index (χ4n) is 5.14. The Morgan fingerprint density at radius 3 is 2.85 bits per heavy atom. The number of hydrogen-bond donors (Lipinski definition) is 2. The Hall–Kier alpha value is -4.08. The minimum Gasteiger partial charge on any atom is -0.488 e. The number of rotatable bonds is 4. The van der Waals surface area contributed by atoms with Crippen molar-refractivity contribution >= 4 is 23.1 Å². The quantitative estimate of drug-likeness (QED) is 0.475. The Balaban J connectivity index is 1.54. The van der Waals surface area contributed by atoms with E-state index < -0.39 is 6.09 Å². The van der Waals surface area contributed by atoms with Gasteiger partial charge in [0.15, 0.2) is 5.75 Å². The van der Waals surface area contributed by atoms with Gasteiger partial charge < -0.3 is 24.6 Å². The van der Waals surface area contributed by atoms with Gasteiger partial charge in [-0.25, -0.2) is 9.78 Å². The molecule has 2 N–H and O–H groups in total. The smallest absolute Gasteiger partial charge is 0.404 e. The number of nitrogens with one attached hydrogen (secondary N) is 1. The maximum absolute atomic E-state index is 11.2. The molecule has 0 spiro atoms. The average Bonchev–Trinajstić information content (AvgIpc) is 3.53. The van der Waals surface area contributed by atoms with Crippen molar-refractivity contribution in [3.05, 3.63) is 53.7 Å². The van der Waals surface area contributed by atoms with Gasteiger partial charge in [0.05, 0.1) is 28.5 Å². The lowest BCUT2D eigenvalue weighted by Gasteiger charge is -2.30. The fraction of sp³-hybridized carbons (Fsp3) is 0.333. The van der Waals surface area contributed by atoms with Crippen LogP contribution in [-0.2, 0) is 0 Å². The summed E-state index contributed by atoms with van der Waals surface area (Å²) >= 11 is 0. The molecule has 174 valence electrons. The Morgan fingerprint density at radius 1 is 1.24 bits per heavy atom. The predicted molar refractivity (Wildman–Crippen MR) is 124 cm³/mol. The molecule has 2 aliphatic rings. The van der Waals surface area contributed by atoms with Crippen LogP contribution in [0.3, 0.4) is 0 Å². The summed E-state index contributed by atoms with van der Waals surface area (Å²) < 4.78 is 14.0. The summed E-state index contributed by atoms with van der Waals surface area (Å²) in [4.78, 5) is 22.9. The number of anilines is 1. The van der Waals surface area contributed by atoms with Crippen LogP contribution in [0, 0.1) is 13.8 Å². The van der Waals surface area contributed by atoms with E-state index in [0.717, 1.165) is 57.4 Å². The van der Waals surface area contributed by atoms with Crippen LogP contribution < -0.4 is 15.0 Å². The van der Waals surface area contributed by atoms with Crippen molar-refractivity contribution in [1.29, 1.82) is 0 Å². The van der Waals surface area contributed by atoms with Crippen LogP contribution in [0.5, 0.6) is 5.75 Å². The first kappa shape index (κ1) is 20.5. The predicted octanol–water partition coefficient (Wildman–Crippen LogP) is 3.53. The SMILES string of the molecule is Cc1noc(C)c1-c1ccc2nc(N3CC[C@H](NC(=O)O)C3)n3c2c1OC[C@@H]3c1ccccn1. The van der Waals surface area contributed by atoms with E-state index in [1.165, 1.54) is 0 Å². The Morgan fingerprint density at radius 2 is 2.12 bits per heavy atom. The van der Waals surface area contributed by atoms with Crippen molar-refractivity contribution < 1.29 is 19.2 Å². The van der Waals surface area contributed by atoms with E-state index in [-0.39, 0.29) is 12.1 Å². The fourth-order valence-corrected chi connectivity index (χ4v) is 5.14. The minimum atomic E-state index is -1.01. The van der Waals surface area contributed by atoms with E-state index in [4.69, 9.17) is 19.4 Å². The van der Waals surface area contributed by atoms with E-state index in [1.54, 1.807) is 6.20 Å². The van der Waals surface area contributed by atoms with Crippen molar-refractivity contribution in [2.45, 2.75) is 32.4 Å². The van der Waals surface area contributed by atoms with Gasteiger partial charge in [-0.1, -0.05) is 11.2 Å². The molecule has 34 heavy (non-hydrogen) atoms. The standard InChI is InChI=1S/C24H24N6O4/c1-13-20(14(2)34-28-13)16-6-7-18-21-22(16)33-12-19(17-5-3-4-9-25-17)30(21)23(27-18)29-10-8-15(11-29)26-24(31)32/h3-7,9,15,19,26H,8,10-12H2,1-2H3,(H,31,32)/t15-,19+/m0/s1. The lowest BCUT2D eigenvalue weighted by atomic mass is 10.0. The summed E-state index contributed by atoms with van der Waals surface area (Å²) in [6.45, 7) is 5.47. The van der Waals surface area contributed by atoms with Crippen LogP contribution in [0.15, 0.2) is 41.1 Å². The summed E-state index contributed by atoms with van der Waals surface area (Å²) in [6, 6.07) is 9.54. The van der Waals surface area contributed by atoms with Gasteiger partial charge in [0, 0.05) is 24.8 Å². The van der Waals surface area contributed by atoms with E-state index in [2.05, 4.69) is 24.9 Å². The minimum absolute atomic E-state index is 0.143. The molecular weight excluding hydrogens is 436 g/mol. The summed E-state index contributed by atoms with van der Waals surface area (Å²) in [6.07, 6.45) is 1.49. The molecule has 0 bridgehead atoms. The molecule has 2 aliphatic heterocycles. The molecule has 0 radical (unpaired) electrons. The lowest BCUT2D eigenvalue weighted by Crippen LogP contribution is -2.37. The largest absolute Gasteiger partial charge is 0.488 e. The molecule has 6 rings (SSSR count). The molecule has 4 aromatic rings. The summed E-state index contributed by atoms with van der Waals surface area (Å²) in [5.74, 6) is 2.27. The first-order chi connectivity index (χ1) is 16.5. The van der Waals surface area contributed by atoms with E-state index >= 15 is 0 Å². The normalized spacial score (nSPS) is 19.4. The topological polar surface area (TPSA) is 119 Å². The molecule has 0 aliphatic carbocycles. The van der Waals surface area contributed by atoms with Crippen LogP contribution in [0.2, 0.25) is 0 Å². The number of aromatic nitrogens is 4. The van der Waals surface area contributed by atoms with Gasteiger partial charge in [-0.3, -0.25) is 9.55 Å². The van der Waals surface area contributed by atoms with Gasteiger partial charge >= 0.3 is 6.09 Å². The Bertz CT molecular complexity index is 1380. The number of hydrogen-bond acceptors (Lipinski definition) is 7. The van der Waals surface area contributed by atoms with Gasteiger partial charge in [-0.2, -0.15) is 0 Å².